The van der Waals surface area contributed by atoms with Crippen LogP contribution in [-0.2, 0) is 45.9 Å². The maximum absolute atomic E-state index is 14.9. The molecule has 0 unspecified atom stereocenters. The van der Waals surface area contributed by atoms with E-state index in [4.69, 9.17) is 33.2 Å². The number of ether oxygens (including phenoxy) is 7. The maximum Gasteiger partial charge on any atom is 0.513 e. The van der Waals surface area contributed by atoms with Crippen molar-refractivity contribution >= 4 is 28.2 Å². The van der Waals surface area contributed by atoms with Gasteiger partial charge in [0.1, 0.15) is 25.6 Å². The molecule has 2 aromatic heterocycles. The van der Waals surface area contributed by atoms with Gasteiger partial charge in [0, 0.05) is 12.4 Å². The number of carbonyl (C=O) groups excluding carboxylic acids is 2. The highest BCUT2D eigenvalue weighted by molar-refractivity contribution is 7.92. The maximum atomic E-state index is 14.9. The van der Waals surface area contributed by atoms with Gasteiger partial charge in [-0.05, 0) is 71.8 Å². The molecule has 0 aliphatic carbocycles. The zero-order valence-corrected chi connectivity index (χ0v) is 36.6. The van der Waals surface area contributed by atoms with E-state index in [0.717, 1.165) is 5.56 Å². The second kappa shape index (κ2) is 23.0. The first-order valence-corrected chi connectivity index (χ1v) is 21.0. The molecule has 0 saturated heterocycles. The molecule has 0 aliphatic rings. The van der Waals surface area contributed by atoms with E-state index >= 15 is 0 Å². The van der Waals surface area contributed by atoms with Gasteiger partial charge in [0.15, 0.2) is 29.9 Å². The molecule has 0 radical (unpaired) electrons. The van der Waals surface area contributed by atoms with E-state index in [9.17, 15) is 38.2 Å². The molecule has 0 atom stereocenters. The van der Waals surface area contributed by atoms with Gasteiger partial charge in [0.2, 0.25) is 11.6 Å². The molecule has 24 nitrogen and oxygen atoms in total. The summed E-state index contributed by atoms with van der Waals surface area (Å²) in [4.78, 5) is 72.3. The summed E-state index contributed by atoms with van der Waals surface area (Å²) < 4.78 is 69.0. The van der Waals surface area contributed by atoms with E-state index in [1.54, 1.807) is 30.3 Å². The Bertz CT molecular complexity index is 2550. The number of methoxy groups -OCH3 is 1. The van der Waals surface area contributed by atoms with Crippen LogP contribution in [0.2, 0.25) is 0 Å². The average Bonchev–Trinajstić information content (AvgIpc) is 3.29. The number of rotatable bonds is 23. The molecule has 66 heavy (non-hydrogen) atoms. The van der Waals surface area contributed by atoms with Crippen LogP contribution in [0.3, 0.4) is 0 Å². The Kier molecular flexibility index (Phi) is 17.1. The SMILES string of the molecule is COc1ccccc1Oc1c(OCCOC(=O)Oc2ccc(CO[N+](=O)[O-])cc2)nc(-c2ncccn2)nc1N(COC(=O)OCCCCO[N+](=O)[O-])S(=O)(=O)c1ccc(C(C)(C)C)cc1. The van der Waals surface area contributed by atoms with Gasteiger partial charge in [-0.15, -0.1) is 20.2 Å². The molecule has 0 bridgehead atoms. The van der Waals surface area contributed by atoms with Crippen molar-refractivity contribution < 1.29 is 71.0 Å². The van der Waals surface area contributed by atoms with Gasteiger partial charge >= 0.3 is 12.3 Å². The summed E-state index contributed by atoms with van der Waals surface area (Å²) in [7, 11) is -3.41. The van der Waals surface area contributed by atoms with Crippen LogP contribution in [0.25, 0.3) is 11.6 Å². The molecular formula is C41H43N7O17S. The zero-order chi connectivity index (χ0) is 47.7. The first-order chi connectivity index (χ1) is 31.5. The monoisotopic (exact) mass is 937 g/mol. The standard InChI is InChI=1S/C41H43N7O17S/c1-41(2,3)29-14-18-31(19-15-29)66(55,56)46(27-61-39(49)59-22-7-8-23-62-47(51)52)37-34(65-33-11-6-5-10-32(33)57-4)38(45-36(44-37)35-42-20-9-21-43-35)58-24-25-60-40(50)64-30-16-12-28(13-17-30)26-63-48(53)54/h5-6,9-21H,7-8,22-27H2,1-4H3. The van der Waals surface area contributed by atoms with Crippen LogP contribution < -0.4 is 23.3 Å². The van der Waals surface area contributed by atoms with Crippen molar-refractivity contribution in [2.75, 3.05) is 44.6 Å². The smallest absolute Gasteiger partial charge is 0.493 e. The second-order valence-corrected chi connectivity index (χ2v) is 16.1. The zero-order valence-electron chi connectivity index (χ0n) is 35.8. The van der Waals surface area contributed by atoms with Crippen LogP contribution >= 0.6 is 0 Å². The molecule has 0 N–H and O–H groups in total. The van der Waals surface area contributed by atoms with E-state index in [1.165, 1.54) is 68.0 Å². The Hall–Kier alpha value is -8.09. The van der Waals surface area contributed by atoms with Gasteiger partial charge in [-0.25, -0.2) is 37.3 Å². The summed E-state index contributed by atoms with van der Waals surface area (Å²) in [6.45, 7) is 3.04. The molecule has 350 valence electrons. The minimum Gasteiger partial charge on any atom is -0.493 e. The molecule has 5 rings (SSSR count). The summed E-state index contributed by atoms with van der Waals surface area (Å²) >= 11 is 0. The topological polar surface area (TPSA) is 292 Å². The molecule has 0 fully saturated rings. The van der Waals surface area contributed by atoms with E-state index in [-0.39, 0.29) is 71.9 Å². The number of hydrogen-bond acceptors (Lipinski definition) is 21. The number of unbranched alkanes of at least 4 members (excludes halogenated alkanes) is 1. The third-order valence-electron chi connectivity index (χ3n) is 8.67. The molecule has 5 aromatic rings. The van der Waals surface area contributed by atoms with E-state index in [1.807, 2.05) is 20.8 Å². The van der Waals surface area contributed by atoms with Crippen molar-refractivity contribution in [2.24, 2.45) is 0 Å². The first-order valence-electron chi connectivity index (χ1n) is 19.6. The Morgan fingerprint density at radius 2 is 1.38 bits per heavy atom. The normalized spacial score (nSPS) is 11.1. The average molecular weight is 938 g/mol. The highest BCUT2D eigenvalue weighted by Gasteiger charge is 2.35. The predicted molar refractivity (Wildman–Crippen MR) is 226 cm³/mol. The molecule has 3 aromatic carbocycles. The lowest BCUT2D eigenvalue weighted by Crippen LogP contribution is -2.36. The van der Waals surface area contributed by atoms with Crippen molar-refractivity contribution in [1.29, 1.82) is 0 Å². The predicted octanol–water partition coefficient (Wildman–Crippen LogP) is 6.63. The molecule has 0 spiro atoms. The molecule has 0 saturated carbocycles. The molecule has 25 heteroatoms. The summed E-state index contributed by atoms with van der Waals surface area (Å²) in [6, 6.07) is 19.4. The van der Waals surface area contributed by atoms with Gasteiger partial charge in [0.25, 0.3) is 26.1 Å². The highest BCUT2D eigenvalue weighted by Crippen LogP contribution is 2.44. The van der Waals surface area contributed by atoms with Gasteiger partial charge in [-0.3, -0.25) is 0 Å². The lowest BCUT2D eigenvalue weighted by Gasteiger charge is -2.26. The number of nitrogens with zero attached hydrogens (tertiary/aromatic N) is 7. The van der Waals surface area contributed by atoms with Crippen LogP contribution in [0.4, 0.5) is 15.4 Å². The van der Waals surface area contributed by atoms with Crippen molar-refractivity contribution in [3.8, 4) is 40.5 Å². The van der Waals surface area contributed by atoms with Crippen LogP contribution in [0.5, 0.6) is 28.9 Å². The third kappa shape index (κ3) is 14.2. The Morgan fingerprint density at radius 1 is 0.727 bits per heavy atom. The van der Waals surface area contributed by atoms with Crippen LogP contribution in [-0.4, -0.2) is 91.1 Å². The fraction of sp³-hybridized carbons (Fsp3) is 0.317. The lowest BCUT2D eigenvalue weighted by molar-refractivity contribution is -0.763. The molecule has 0 aliphatic heterocycles. The number of para-hydroxylation sites is 2. The van der Waals surface area contributed by atoms with Crippen LogP contribution in [0, 0.1) is 20.2 Å². The minimum absolute atomic E-state index is 0.0301. The largest absolute Gasteiger partial charge is 0.513 e. The van der Waals surface area contributed by atoms with Crippen molar-refractivity contribution in [1.82, 2.24) is 19.9 Å². The third-order valence-corrected chi connectivity index (χ3v) is 10.4. The minimum atomic E-state index is -4.78. The van der Waals surface area contributed by atoms with E-state index in [0.29, 0.717) is 9.87 Å². The molecule has 2 heterocycles. The molecule has 0 amide bonds. The summed E-state index contributed by atoms with van der Waals surface area (Å²) in [5.41, 5.74) is 0.887. The quantitative estimate of drug-likeness (QED) is 0.0166. The highest BCUT2D eigenvalue weighted by atomic mass is 32.2. The Balaban J connectivity index is 1.53. The number of hydrogen-bond donors (Lipinski definition) is 0. The second-order valence-electron chi connectivity index (χ2n) is 14.3. The van der Waals surface area contributed by atoms with Gasteiger partial charge < -0.3 is 42.8 Å². The number of benzene rings is 3. The van der Waals surface area contributed by atoms with Gasteiger partial charge in [-0.2, -0.15) is 4.98 Å². The van der Waals surface area contributed by atoms with Crippen LogP contribution in [0.15, 0.2) is 96.2 Å². The van der Waals surface area contributed by atoms with Crippen molar-refractivity contribution in [2.45, 2.75) is 50.5 Å². The first kappa shape index (κ1) is 48.9. The van der Waals surface area contributed by atoms with Gasteiger partial charge in [0.05, 0.1) is 25.2 Å². The summed E-state index contributed by atoms with van der Waals surface area (Å²) in [6.07, 6.45) is 0.611. The van der Waals surface area contributed by atoms with Gasteiger partial charge in [-0.1, -0.05) is 57.2 Å². The summed E-state index contributed by atoms with van der Waals surface area (Å²) in [5.74, 6) is -1.56. The fourth-order valence-corrected chi connectivity index (χ4v) is 6.70. The number of anilines is 1. The van der Waals surface area contributed by atoms with E-state index < -0.39 is 69.9 Å². The Labute approximate surface area is 376 Å². The van der Waals surface area contributed by atoms with Crippen LogP contribution in [0.1, 0.15) is 44.7 Å². The molecular weight excluding hydrogens is 895 g/mol. The Morgan fingerprint density at radius 3 is 2.03 bits per heavy atom. The lowest BCUT2D eigenvalue weighted by atomic mass is 9.87. The summed E-state index contributed by atoms with van der Waals surface area (Å²) in [5, 5.41) is 19.1. The number of carbonyl (C=O) groups is 2. The number of aromatic nitrogens is 4. The number of sulfonamides is 1. The van der Waals surface area contributed by atoms with Crippen molar-refractivity contribution in [3.63, 3.8) is 0 Å². The fourth-order valence-electron chi connectivity index (χ4n) is 5.42. The van der Waals surface area contributed by atoms with Crippen molar-refractivity contribution in [3.05, 3.63) is 123 Å². The van der Waals surface area contributed by atoms with E-state index in [2.05, 4.69) is 29.6 Å².